The van der Waals surface area contributed by atoms with Crippen LogP contribution in [0.15, 0.2) is 24.3 Å². The molecule has 3 nitrogen and oxygen atoms in total. The number of carbonyl (C=O) groups is 1. The molecule has 0 radical (unpaired) electrons. The highest BCUT2D eigenvalue weighted by atomic mass is 35.5. The van der Waals surface area contributed by atoms with Crippen molar-refractivity contribution in [3.8, 4) is 0 Å². The van der Waals surface area contributed by atoms with Gasteiger partial charge in [-0.15, -0.1) is 0 Å². The fourth-order valence-corrected chi connectivity index (χ4v) is 2.56. The first-order valence-corrected chi connectivity index (χ1v) is 6.60. The fourth-order valence-electron chi connectivity index (χ4n) is 2.11. The summed E-state index contributed by atoms with van der Waals surface area (Å²) in [6.07, 6.45) is 0.891. The molecule has 1 saturated heterocycles. The summed E-state index contributed by atoms with van der Waals surface area (Å²) in [5.41, 5.74) is -0.264. The molecule has 98 valence electrons. The molecule has 1 aliphatic heterocycles. The molecule has 1 fully saturated rings. The lowest BCUT2D eigenvalue weighted by atomic mass is 9.81. The summed E-state index contributed by atoms with van der Waals surface area (Å²) in [4.78, 5) is 12.4. The average Bonchev–Trinajstić information content (AvgIpc) is 2.35. The molecule has 0 spiro atoms. The largest absolute Gasteiger partial charge is 0.365 e. The van der Waals surface area contributed by atoms with E-state index in [0.717, 1.165) is 10.8 Å². The number of carbonyl (C=O) groups excluding carboxylic acids is 1. The van der Waals surface area contributed by atoms with Crippen LogP contribution in [0.2, 0.25) is 5.02 Å². The Morgan fingerprint density at radius 1 is 1.61 bits per heavy atom. The van der Waals surface area contributed by atoms with Gasteiger partial charge in [0.1, 0.15) is 0 Å². The summed E-state index contributed by atoms with van der Waals surface area (Å²) < 4.78 is 6.54. The van der Waals surface area contributed by atoms with E-state index in [1.165, 1.54) is 0 Å². The zero-order valence-electron chi connectivity index (χ0n) is 10.3. The van der Waals surface area contributed by atoms with Crippen molar-refractivity contribution in [2.24, 2.45) is 5.92 Å². The molecule has 5 heteroatoms. The van der Waals surface area contributed by atoms with E-state index in [-0.39, 0.29) is 11.8 Å². The van der Waals surface area contributed by atoms with Gasteiger partial charge in [-0.3, -0.25) is 4.79 Å². The van der Waals surface area contributed by atoms with Gasteiger partial charge >= 0.3 is 0 Å². The van der Waals surface area contributed by atoms with Crippen molar-refractivity contribution >= 4 is 35.0 Å². The highest BCUT2D eigenvalue weighted by Crippen LogP contribution is 2.38. The van der Waals surface area contributed by atoms with Crippen molar-refractivity contribution in [3.63, 3.8) is 0 Å². The molecule has 1 amide bonds. The molecular weight excluding hydrogens is 273 g/mol. The fraction of sp³-hybridized carbons (Fsp3) is 0.462. The molecule has 0 aromatic heterocycles. The van der Waals surface area contributed by atoms with E-state index in [1.54, 1.807) is 31.2 Å². The maximum atomic E-state index is 12.4. The molecule has 2 atom stereocenters. The number of rotatable bonds is 3. The van der Waals surface area contributed by atoms with Gasteiger partial charge in [0.2, 0.25) is 0 Å². The van der Waals surface area contributed by atoms with Gasteiger partial charge in [-0.1, -0.05) is 24.6 Å². The smallest absolute Gasteiger partial charge is 0.273 e. The quantitative estimate of drug-likeness (QED) is 0.795. The van der Waals surface area contributed by atoms with Gasteiger partial charge in [-0.2, -0.15) is 0 Å². The van der Waals surface area contributed by atoms with Gasteiger partial charge < -0.3 is 4.74 Å². The van der Waals surface area contributed by atoms with Crippen molar-refractivity contribution in [2.45, 2.75) is 25.9 Å². The third kappa shape index (κ3) is 2.22. The number of anilines is 1. The molecule has 0 aliphatic carbocycles. The first kappa shape index (κ1) is 13.7. The van der Waals surface area contributed by atoms with Crippen LogP contribution in [0.25, 0.3) is 0 Å². The highest BCUT2D eigenvalue weighted by Gasteiger charge is 2.51. The van der Waals surface area contributed by atoms with Crippen LogP contribution >= 0.6 is 23.4 Å². The van der Waals surface area contributed by atoms with Crippen molar-refractivity contribution in [1.82, 2.24) is 0 Å². The minimum absolute atomic E-state index is 0.213. The van der Waals surface area contributed by atoms with E-state index in [0.29, 0.717) is 17.3 Å². The second-order valence-corrected chi connectivity index (χ2v) is 5.36. The topological polar surface area (TPSA) is 29.5 Å². The minimum Gasteiger partial charge on any atom is -0.365 e. The van der Waals surface area contributed by atoms with Crippen LogP contribution in [0.3, 0.4) is 0 Å². The molecule has 2 unspecified atom stereocenters. The van der Waals surface area contributed by atoms with Gasteiger partial charge in [0.05, 0.1) is 12.3 Å². The summed E-state index contributed by atoms with van der Waals surface area (Å²) in [6.45, 7) is 4.43. The lowest BCUT2D eigenvalue weighted by Gasteiger charge is -2.46. The average molecular weight is 288 g/mol. The standard InChI is InChI=1S/C13H15Cl2NO2/c1-3-9-8-18-13(9,2)12(17)16(15)11-6-4-5-10(14)7-11/h4-7,9H,3,8H2,1-2H3. The molecule has 0 bridgehead atoms. The van der Waals surface area contributed by atoms with Crippen LogP contribution in [0, 0.1) is 5.92 Å². The number of ether oxygens (including phenoxy) is 1. The minimum atomic E-state index is -0.821. The number of benzene rings is 1. The summed E-state index contributed by atoms with van der Waals surface area (Å²) in [6, 6.07) is 6.87. The predicted octanol–water partition coefficient (Wildman–Crippen LogP) is 3.64. The predicted molar refractivity (Wildman–Crippen MR) is 72.9 cm³/mol. The Hall–Kier alpha value is -0.770. The number of nitrogens with zero attached hydrogens (tertiary/aromatic N) is 1. The van der Waals surface area contributed by atoms with E-state index in [9.17, 15) is 4.79 Å². The molecule has 1 aromatic carbocycles. The lowest BCUT2D eigenvalue weighted by Crippen LogP contribution is -2.60. The van der Waals surface area contributed by atoms with Crippen LogP contribution in [-0.4, -0.2) is 18.1 Å². The normalized spacial score (nSPS) is 26.6. The molecule has 2 rings (SSSR count). The van der Waals surface area contributed by atoms with E-state index in [4.69, 9.17) is 28.1 Å². The molecule has 1 heterocycles. The zero-order valence-corrected chi connectivity index (χ0v) is 11.8. The molecule has 0 N–H and O–H groups in total. The van der Waals surface area contributed by atoms with Gasteiger partial charge in [0.25, 0.3) is 5.91 Å². The maximum Gasteiger partial charge on any atom is 0.273 e. The highest BCUT2D eigenvalue weighted by molar-refractivity contribution is 6.38. The van der Waals surface area contributed by atoms with E-state index in [1.807, 2.05) is 6.92 Å². The first-order valence-electron chi connectivity index (χ1n) is 5.89. The van der Waals surface area contributed by atoms with Gasteiger partial charge in [0.15, 0.2) is 5.60 Å². The van der Waals surface area contributed by atoms with Crippen molar-refractivity contribution in [1.29, 1.82) is 0 Å². The monoisotopic (exact) mass is 287 g/mol. The van der Waals surface area contributed by atoms with Gasteiger partial charge in [-0.25, -0.2) is 4.42 Å². The Kier molecular flexibility index (Phi) is 3.85. The Bertz CT molecular complexity index is 464. The van der Waals surface area contributed by atoms with Crippen molar-refractivity contribution in [3.05, 3.63) is 29.3 Å². The Labute approximate surface area is 117 Å². The van der Waals surface area contributed by atoms with Crippen LogP contribution in [0.5, 0.6) is 0 Å². The van der Waals surface area contributed by atoms with Gasteiger partial charge in [-0.05, 0) is 31.5 Å². The number of hydrogen-bond donors (Lipinski definition) is 0. The zero-order chi connectivity index (χ0) is 13.3. The summed E-state index contributed by atoms with van der Waals surface area (Å²) >= 11 is 12.0. The van der Waals surface area contributed by atoms with Crippen LogP contribution in [0.4, 0.5) is 5.69 Å². The Morgan fingerprint density at radius 2 is 2.33 bits per heavy atom. The number of amides is 1. The Balaban J connectivity index is 2.19. The third-order valence-electron chi connectivity index (χ3n) is 3.49. The van der Waals surface area contributed by atoms with E-state index < -0.39 is 5.60 Å². The maximum absolute atomic E-state index is 12.4. The Morgan fingerprint density at radius 3 is 2.83 bits per heavy atom. The molecule has 1 aromatic rings. The SMILES string of the molecule is CCC1COC1(C)C(=O)N(Cl)c1cccc(Cl)c1. The number of halogens is 2. The van der Waals surface area contributed by atoms with Crippen LogP contribution in [0.1, 0.15) is 20.3 Å². The van der Waals surface area contributed by atoms with E-state index in [2.05, 4.69) is 0 Å². The van der Waals surface area contributed by atoms with Crippen molar-refractivity contribution < 1.29 is 9.53 Å². The number of hydrogen-bond acceptors (Lipinski definition) is 2. The molecule has 0 saturated carbocycles. The summed E-state index contributed by atoms with van der Waals surface area (Å²) in [5, 5.41) is 0.540. The second-order valence-electron chi connectivity index (χ2n) is 4.59. The van der Waals surface area contributed by atoms with Crippen molar-refractivity contribution in [2.75, 3.05) is 11.0 Å². The molecule has 18 heavy (non-hydrogen) atoms. The lowest BCUT2D eigenvalue weighted by molar-refractivity contribution is -0.197. The van der Waals surface area contributed by atoms with Gasteiger partial charge in [0, 0.05) is 22.7 Å². The summed E-state index contributed by atoms with van der Waals surface area (Å²) in [5.74, 6) is -0.0324. The first-order chi connectivity index (χ1) is 8.49. The third-order valence-corrected chi connectivity index (χ3v) is 4.08. The molecular formula is C13H15Cl2NO2. The van der Waals surface area contributed by atoms with E-state index >= 15 is 0 Å². The summed E-state index contributed by atoms with van der Waals surface area (Å²) in [7, 11) is 0. The molecule has 1 aliphatic rings. The van der Waals surface area contributed by atoms with Crippen LogP contribution in [-0.2, 0) is 9.53 Å². The van der Waals surface area contributed by atoms with Crippen LogP contribution < -0.4 is 4.42 Å². The second kappa shape index (κ2) is 5.08.